The van der Waals surface area contributed by atoms with E-state index in [-0.39, 0.29) is 5.91 Å². The number of para-hydroxylation sites is 1. The highest BCUT2D eigenvalue weighted by atomic mass is 16.2. The molecule has 1 amide bonds. The van der Waals surface area contributed by atoms with Crippen LogP contribution in [0.15, 0.2) is 65.3 Å². The number of carbonyl (C=O) groups excluding carboxylic acids is 1. The van der Waals surface area contributed by atoms with Crippen LogP contribution in [0.4, 0.5) is 11.4 Å². The zero-order valence-electron chi connectivity index (χ0n) is 15.8. The normalized spacial score (nSPS) is 15.3. The van der Waals surface area contributed by atoms with Crippen LogP contribution in [-0.2, 0) is 4.79 Å². The summed E-state index contributed by atoms with van der Waals surface area (Å²) < 4.78 is 0. The van der Waals surface area contributed by atoms with Crippen LogP contribution in [-0.4, -0.2) is 44.8 Å². The number of carbonyl (C=O) groups is 1. The molecule has 0 fully saturated rings. The number of rotatable bonds is 3. The van der Waals surface area contributed by atoms with E-state index in [2.05, 4.69) is 9.95 Å². The van der Waals surface area contributed by atoms with Gasteiger partial charge in [-0.25, -0.2) is 4.85 Å². The van der Waals surface area contributed by atoms with Crippen molar-refractivity contribution < 1.29 is 4.79 Å². The summed E-state index contributed by atoms with van der Waals surface area (Å²) in [5.41, 5.74) is 3.01. The number of hydrogen-bond acceptors (Lipinski definition) is 4. The van der Waals surface area contributed by atoms with Crippen molar-refractivity contribution in [1.29, 1.82) is 0 Å². The molecule has 0 aliphatic carbocycles. The van der Waals surface area contributed by atoms with E-state index in [1.165, 1.54) is 5.01 Å². The molecule has 0 saturated heterocycles. The van der Waals surface area contributed by atoms with Crippen LogP contribution in [0.2, 0.25) is 0 Å². The maximum absolute atomic E-state index is 13.1. The van der Waals surface area contributed by atoms with Gasteiger partial charge in [0, 0.05) is 33.9 Å². The molecule has 0 atom stereocenters. The number of benzene rings is 2. The average Bonchev–Trinajstić information content (AvgIpc) is 3.01. The Morgan fingerprint density at radius 3 is 2.11 bits per heavy atom. The fourth-order valence-corrected chi connectivity index (χ4v) is 2.84. The minimum absolute atomic E-state index is 0.299. The van der Waals surface area contributed by atoms with Gasteiger partial charge in [0.2, 0.25) is 5.70 Å². The monoisotopic (exact) mass is 359 g/mol. The lowest BCUT2D eigenvalue weighted by atomic mass is 10.0. The highest BCUT2D eigenvalue weighted by Gasteiger charge is 2.35. The Morgan fingerprint density at radius 2 is 1.59 bits per heavy atom. The molecule has 6 heteroatoms. The maximum Gasteiger partial charge on any atom is 0.272 e. The fourth-order valence-electron chi connectivity index (χ4n) is 2.84. The van der Waals surface area contributed by atoms with E-state index in [4.69, 9.17) is 6.57 Å². The van der Waals surface area contributed by atoms with Crippen molar-refractivity contribution in [3.05, 3.63) is 77.2 Å². The summed E-state index contributed by atoms with van der Waals surface area (Å²) in [6.07, 6.45) is 0. The van der Waals surface area contributed by atoms with E-state index in [1.807, 2.05) is 87.7 Å². The molecule has 0 saturated carbocycles. The summed E-state index contributed by atoms with van der Waals surface area (Å²) in [6, 6.07) is 16.8. The Bertz CT molecular complexity index is 950. The smallest absolute Gasteiger partial charge is 0.272 e. The van der Waals surface area contributed by atoms with Crippen molar-refractivity contribution in [3.63, 3.8) is 0 Å². The van der Waals surface area contributed by atoms with Crippen LogP contribution in [0.1, 0.15) is 5.56 Å². The largest absolute Gasteiger partial charge is 0.378 e. The number of hydrazone groups is 1. The standard InChI is InChI=1S/C21H21N5O/c1-22-19(15-11-13-16(14-12-15)24(2)3)18-20(25(4)5)23-26(21(18)27)17-9-7-6-8-10-17/h6-14H,2-5H3/b19-18+. The zero-order valence-corrected chi connectivity index (χ0v) is 15.8. The molecule has 1 aliphatic heterocycles. The van der Waals surface area contributed by atoms with Gasteiger partial charge < -0.3 is 9.80 Å². The van der Waals surface area contributed by atoms with Crippen LogP contribution in [0.25, 0.3) is 10.5 Å². The molecule has 2 aromatic rings. The molecule has 0 spiro atoms. The molecule has 0 unspecified atom stereocenters. The lowest BCUT2D eigenvalue weighted by Gasteiger charge is -2.15. The first-order valence-electron chi connectivity index (χ1n) is 8.49. The molecule has 3 rings (SSSR count). The summed E-state index contributed by atoms with van der Waals surface area (Å²) in [7, 11) is 7.55. The van der Waals surface area contributed by atoms with Crippen molar-refractivity contribution >= 4 is 28.8 Å². The van der Waals surface area contributed by atoms with Crippen LogP contribution in [0, 0.1) is 6.57 Å². The first-order chi connectivity index (χ1) is 12.9. The molecule has 0 radical (unpaired) electrons. The van der Waals surface area contributed by atoms with Crippen molar-refractivity contribution in [1.82, 2.24) is 4.90 Å². The van der Waals surface area contributed by atoms with Gasteiger partial charge in [0.1, 0.15) is 0 Å². The van der Waals surface area contributed by atoms with Gasteiger partial charge in [0.25, 0.3) is 5.91 Å². The molecular weight excluding hydrogens is 338 g/mol. The summed E-state index contributed by atoms with van der Waals surface area (Å²) >= 11 is 0. The highest BCUT2D eigenvalue weighted by Crippen LogP contribution is 2.31. The Labute approximate surface area is 159 Å². The Hall–Kier alpha value is -3.59. The van der Waals surface area contributed by atoms with Crippen LogP contribution in [0.5, 0.6) is 0 Å². The minimum atomic E-state index is -0.299. The predicted octanol–water partition coefficient (Wildman–Crippen LogP) is 3.30. The summed E-state index contributed by atoms with van der Waals surface area (Å²) in [6.45, 7) is 7.70. The summed E-state index contributed by atoms with van der Waals surface area (Å²) in [4.78, 5) is 20.6. The lowest BCUT2D eigenvalue weighted by Crippen LogP contribution is -2.25. The first-order valence-corrected chi connectivity index (χ1v) is 8.49. The molecular formula is C21H21N5O. The predicted molar refractivity (Wildman–Crippen MR) is 109 cm³/mol. The number of anilines is 2. The molecule has 0 aromatic heterocycles. The Kier molecular flexibility index (Phi) is 4.95. The van der Waals surface area contributed by atoms with E-state index in [0.717, 1.165) is 5.69 Å². The van der Waals surface area contributed by atoms with Gasteiger partial charge in [-0.05, 0) is 29.8 Å². The van der Waals surface area contributed by atoms with Gasteiger partial charge in [-0.1, -0.05) is 30.3 Å². The average molecular weight is 359 g/mol. The van der Waals surface area contributed by atoms with E-state index in [9.17, 15) is 4.79 Å². The number of nitrogens with zero attached hydrogens (tertiary/aromatic N) is 5. The number of hydrogen-bond donors (Lipinski definition) is 0. The molecule has 1 aliphatic rings. The fraction of sp³-hybridized carbons (Fsp3) is 0.190. The second-order valence-corrected chi connectivity index (χ2v) is 6.55. The summed E-state index contributed by atoms with van der Waals surface area (Å²) in [5.74, 6) is 0.180. The maximum atomic E-state index is 13.1. The third kappa shape index (κ3) is 3.40. The van der Waals surface area contributed by atoms with Crippen molar-refractivity contribution in [3.8, 4) is 0 Å². The third-order valence-corrected chi connectivity index (χ3v) is 4.25. The zero-order chi connectivity index (χ0) is 19.6. The number of likely N-dealkylation sites (N-methyl/N-ethyl adjacent to an activating group) is 1. The Balaban J connectivity index is 2.12. The SMILES string of the molecule is [C-]#[N+]/C(=C1/C(=O)N(c2ccccc2)N=C1N(C)C)c1ccc(N(C)C)cc1. The number of amidine groups is 1. The second kappa shape index (κ2) is 7.34. The van der Waals surface area contributed by atoms with Gasteiger partial charge in [-0.2, -0.15) is 5.01 Å². The molecule has 6 nitrogen and oxygen atoms in total. The third-order valence-electron chi connectivity index (χ3n) is 4.25. The first kappa shape index (κ1) is 18.2. The number of amides is 1. The van der Waals surface area contributed by atoms with E-state index >= 15 is 0 Å². The van der Waals surface area contributed by atoms with Crippen LogP contribution in [0.3, 0.4) is 0 Å². The molecule has 136 valence electrons. The second-order valence-electron chi connectivity index (χ2n) is 6.55. The van der Waals surface area contributed by atoms with Gasteiger partial charge in [-0.3, -0.25) is 4.79 Å². The van der Waals surface area contributed by atoms with Gasteiger partial charge in [0.15, 0.2) is 5.84 Å². The van der Waals surface area contributed by atoms with Crippen LogP contribution >= 0.6 is 0 Å². The summed E-state index contributed by atoms with van der Waals surface area (Å²) in [5, 5.41) is 5.83. The van der Waals surface area contributed by atoms with Crippen molar-refractivity contribution in [2.75, 3.05) is 38.1 Å². The van der Waals surface area contributed by atoms with Crippen LogP contribution < -0.4 is 9.91 Å². The lowest BCUT2D eigenvalue weighted by molar-refractivity contribution is -0.114. The van der Waals surface area contributed by atoms with Gasteiger partial charge in [-0.15, -0.1) is 5.10 Å². The van der Waals surface area contributed by atoms with E-state index < -0.39 is 0 Å². The van der Waals surface area contributed by atoms with Crippen molar-refractivity contribution in [2.45, 2.75) is 0 Å². The molecule has 0 bridgehead atoms. The molecule has 2 aromatic carbocycles. The van der Waals surface area contributed by atoms with Crippen molar-refractivity contribution in [2.24, 2.45) is 5.10 Å². The Morgan fingerprint density at radius 1 is 0.963 bits per heavy atom. The topological polar surface area (TPSA) is 43.5 Å². The van der Waals surface area contributed by atoms with E-state index in [1.54, 1.807) is 4.90 Å². The molecule has 0 N–H and O–H groups in total. The quantitative estimate of drug-likeness (QED) is 0.624. The minimum Gasteiger partial charge on any atom is -0.378 e. The molecule has 1 heterocycles. The molecule has 27 heavy (non-hydrogen) atoms. The van der Waals surface area contributed by atoms with E-state index in [0.29, 0.717) is 28.4 Å². The van der Waals surface area contributed by atoms with Gasteiger partial charge >= 0.3 is 0 Å². The van der Waals surface area contributed by atoms with Gasteiger partial charge in [0.05, 0.1) is 17.8 Å². The highest BCUT2D eigenvalue weighted by molar-refractivity contribution is 6.33.